The van der Waals surface area contributed by atoms with Crippen LogP contribution >= 0.6 is 0 Å². The maximum atomic E-state index is 13.9. The Morgan fingerprint density at radius 3 is 1.28 bits per heavy atom. The number of benzene rings is 3. The molecule has 342 valence electrons. The van der Waals surface area contributed by atoms with Gasteiger partial charge in [0.15, 0.2) is 0 Å². The quantitative estimate of drug-likeness (QED) is 0.127. The molecule has 0 unspecified atom stereocenters. The monoisotopic (exact) mass is 909 g/mol. The van der Waals surface area contributed by atoms with Crippen molar-refractivity contribution in [2.24, 2.45) is 0 Å². The summed E-state index contributed by atoms with van der Waals surface area (Å²) in [5.74, 6) is 0. The van der Waals surface area contributed by atoms with Gasteiger partial charge in [-0.1, -0.05) is 70.2 Å². The first-order chi connectivity index (χ1) is 26.8. The van der Waals surface area contributed by atoms with E-state index in [0.717, 1.165) is 26.0 Å². The van der Waals surface area contributed by atoms with Gasteiger partial charge in [-0.05, 0) is 83.0 Å². The van der Waals surface area contributed by atoms with E-state index >= 15 is 0 Å². The molecule has 3 rings (SSSR count). The van der Waals surface area contributed by atoms with E-state index in [1.54, 1.807) is 0 Å². The van der Waals surface area contributed by atoms with Crippen LogP contribution in [0.25, 0.3) is 5.57 Å². The van der Waals surface area contributed by atoms with Gasteiger partial charge in [-0.15, -0.1) is 0 Å². The van der Waals surface area contributed by atoms with Crippen molar-refractivity contribution in [2.75, 3.05) is 5.73 Å². The standard InChI is InChI=1S/C39H37F18NO3/c1-18-12-22(8-10-25(18)21(16-31(59,34(40,41)42)35(43,44)45)17-32(60,36(46,47)48)37(49,50)51)29(4,5)23-9-11-26(19(2)13-23)30(6,7)24-14-20(3)28(58)27(15-24)33(61,38(52,53)54)39(55,56)57/h8-16,59-61H,17,58H2,1-7H3/b21-16+. The van der Waals surface area contributed by atoms with Crippen LogP contribution in [0.5, 0.6) is 0 Å². The maximum absolute atomic E-state index is 13.9. The van der Waals surface area contributed by atoms with E-state index in [-0.39, 0.29) is 16.7 Å². The van der Waals surface area contributed by atoms with Crippen molar-refractivity contribution < 1.29 is 94.3 Å². The van der Waals surface area contributed by atoms with Crippen molar-refractivity contribution >= 4 is 11.3 Å². The lowest BCUT2D eigenvalue weighted by Gasteiger charge is -2.36. The molecule has 0 spiro atoms. The van der Waals surface area contributed by atoms with Gasteiger partial charge in [0, 0.05) is 28.5 Å². The van der Waals surface area contributed by atoms with Crippen LogP contribution in [0.1, 0.15) is 84.2 Å². The zero-order valence-corrected chi connectivity index (χ0v) is 32.6. The van der Waals surface area contributed by atoms with Gasteiger partial charge in [0.05, 0.1) is 0 Å². The topological polar surface area (TPSA) is 86.7 Å². The first-order valence-electron chi connectivity index (χ1n) is 17.3. The third kappa shape index (κ3) is 8.76. The van der Waals surface area contributed by atoms with Crippen LogP contribution in [0, 0.1) is 20.8 Å². The highest BCUT2D eigenvalue weighted by Crippen LogP contribution is 2.54. The van der Waals surface area contributed by atoms with E-state index in [0.29, 0.717) is 28.8 Å². The summed E-state index contributed by atoms with van der Waals surface area (Å²) in [7, 11) is 0. The second-order valence-corrected chi connectivity index (χ2v) is 15.7. The highest BCUT2D eigenvalue weighted by molar-refractivity contribution is 5.71. The Kier molecular flexibility index (Phi) is 12.8. The fraction of sp³-hybridized carbons (Fsp3) is 0.487. The van der Waals surface area contributed by atoms with E-state index in [9.17, 15) is 94.3 Å². The zero-order chi connectivity index (χ0) is 47.9. The molecule has 4 nitrogen and oxygen atoms in total. The summed E-state index contributed by atoms with van der Waals surface area (Å²) in [6.45, 7) is 9.34. The smallest absolute Gasteiger partial charge is 0.398 e. The molecule has 0 radical (unpaired) electrons. The van der Waals surface area contributed by atoms with Gasteiger partial charge in [0.25, 0.3) is 16.8 Å². The minimum atomic E-state index is -6.75. The minimum absolute atomic E-state index is 0.0979. The van der Waals surface area contributed by atoms with Gasteiger partial charge in [-0.2, -0.15) is 79.0 Å². The van der Waals surface area contributed by atoms with Crippen molar-refractivity contribution in [3.63, 3.8) is 0 Å². The fourth-order valence-corrected chi connectivity index (χ4v) is 6.85. The molecule has 5 N–H and O–H groups in total. The highest BCUT2D eigenvalue weighted by atomic mass is 19.4. The van der Waals surface area contributed by atoms with Crippen molar-refractivity contribution in [1.29, 1.82) is 0 Å². The summed E-state index contributed by atoms with van der Waals surface area (Å²) in [5.41, 5.74) is -20.0. The number of nitrogen functional groups attached to an aromatic ring is 1. The van der Waals surface area contributed by atoms with E-state index in [1.165, 1.54) is 58.9 Å². The molecule has 22 heteroatoms. The molecule has 3 aromatic rings. The van der Waals surface area contributed by atoms with Gasteiger partial charge in [-0.3, -0.25) is 0 Å². The lowest BCUT2D eigenvalue weighted by molar-refractivity contribution is -0.376. The van der Waals surface area contributed by atoms with Gasteiger partial charge >= 0.3 is 37.1 Å². The van der Waals surface area contributed by atoms with Crippen LogP contribution in [0.3, 0.4) is 0 Å². The molecule has 0 atom stereocenters. The molecular weight excluding hydrogens is 872 g/mol. The Balaban J connectivity index is 2.25. The SMILES string of the molecule is Cc1cc(C(C)(C)c2ccc(C(C)(C)c3cc(C)c(N)c(C(O)(C(F)(F)F)C(F)(F)F)c3)c(C)c2)ccc1/C(=C/C(O)(C(F)(F)F)C(F)(F)F)CC(O)(C(F)(F)F)C(F)(F)F. The van der Waals surface area contributed by atoms with E-state index in [4.69, 9.17) is 5.73 Å². The van der Waals surface area contributed by atoms with Gasteiger partial charge in [0.2, 0.25) is 0 Å². The number of anilines is 1. The Labute approximate surface area is 335 Å². The van der Waals surface area contributed by atoms with Gasteiger partial charge in [-0.25, -0.2) is 0 Å². The van der Waals surface area contributed by atoms with E-state index < -0.39 is 105 Å². The van der Waals surface area contributed by atoms with Crippen LogP contribution in [0.15, 0.2) is 54.6 Å². The zero-order valence-electron chi connectivity index (χ0n) is 32.6. The molecule has 0 aliphatic carbocycles. The molecule has 0 amide bonds. The first-order valence-corrected chi connectivity index (χ1v) is 17.3. The second kappa shape index (κ2) is 15.3. The molecule has 3 aromatic carbocycles. The number of halogens is 18. The summed E-state index contributed by atoms with van der Waals surface area (Å²) < 4.78 is 248. The largest absolute Gasteiger partial charge is 0.430 e. The number of alkyl halides is 18. The van der Waals surface area contributed by atoms with Crippen LogP contribution in [-0.4, -0.2) is 63.6 Å². The van der Waals surface area contributed by atoms with E-state index in [1.807, 2.05) is 0 Å². The molecule has 0 saturated heterocycles. The molecule has 0 bridgehead atoms. The predicted molar refractivity (Wildman–Crippen MR) is 185 cm³/mol. The van der Waals surface area contributed by atoms with Crippen molar-refractivity contribution in [2.45, 2.75) is 120 Å². The molecule has 0 heterocycles. The second-order valence-electron chi connectivity index (χ2n) is 15.7. The molecule has 0 aliphatic heterocycles. The predicted octanol–water partition coefficient (Wildman–Crippen LogP) is 11.6. The average molecular weight is 910 g/mol. The molecule has 0 fully saturated rings. The molecule has 0 saturated carbocycles. The van der Waals surface area contributed by atoms with Gasteiger partial charge < -0.3 is 21.1 Å². The number of rotatable bonds is 9. The molecule has 0 aromatic heterocycles. The summed E-state index contributed by atoms with van der Waals surface area (Å²) in [6, 6.07) is 8.54. The van der Waals surface area contributed by atoms with Gasteiger partial charge in [0.1, 0.15) is 0 Å². The summed E-state index contributed by atoms with van der Waals surface area (Å²) in [4.78, 5) is 0. The van der Waals surface area contributed by atoms with E-state index in [2.05, 4.69) is 0 Å². The Morgan fingerprint density at radius 2 is 0.902 bits per heavy atom. The fourth-order valence-electron chi connectivity index (χ4n) is 6.85. The minimum Gasteiger partial charge on any atom is -0.398 e. The summed E-state index contributed by atoms with van der Waals surface area (Å²) in [5, 5.41) is 29.8. The van der Waals surface area contributed by atoms with Crippen molar-refractivity contribution in [3.05, 3.63) is 105 Å². The van der Waals surface area contributed by atoms with Crippen LogP contribution < -0.4 is 5.73 Å². The van der Waals surface area contributed by atoms with Crippen LogP contribution in [0.2, 0.25) is 0 Å². The van der Waals surface area contributed by atoms with Crippen LogP contribution in [0.4, 0.5) is 84.7 Å². The Hall–Kier alpha value is -4.18. The number of aliphatic hydroxyl groups is 3. The number of aryl methyl sites for hydroxylation is 3. The molecule has 0 aliphatic rings. The Morgan fingerprint density at radius 1 is 0.492 bits per heavy atom. The molecule has 61 heavy (non-hydrogen) atoms. The number of hydrogen-bond donors (Lipinski definition) is 4. The summed E-state index contributed by atoms with van der Waals surface area (Å²) in [6.07, 6.45) is -43.7. The molecular formula is C39H37F18NO3. The lowest BCUT2D eigenvalue weighted by Crippen LogP contribution is -2.58. The third-order valence-corrected chi connectivity index (χ3v) is 10.9. The summed E-state index contributed by atoms with van der Waals surface area (Å²) >= 11 is 0. The van der Waals surface area contributed by atoms with Crippen LogP contribution in [-0.2, 0) is 16.4 Å². The number of nitrogens with two attached hydrogens (primary N) is 1. The average Bonchev–Trinajstić information content (AvgIpc) is 3.05. The highest BCUT2D eigenvalue weighted by Gasteiger charge is 2.73. The normalized spacial score (nSPS) is 15.1. The third-order valence-electron chi connectivity index (χ3n) is 10.9. The van der Waals surface area contributed by atoms with Crippen molar-refractivity contribution in [1.82, 2.24) is 0 Å². The van der Waals surface area contributed by atoms with Crippen molar-refractivity contribution in [3.8, 4) is 0 Å². The Bertz CT molecular complexity index is 2110. The lowest BCUT2D eigenvalue weighted by atomic mass is 9.71. The first kappa shape index (κ1) is 51.2. The number of hydrogen-bond acceptors (Lipinski definition) is 4. The maximum Gasteiger partial charge on any atom is 0.430 e.